The third-order valence-electron chi connectivity index (χ3n) is 2.96. The van der Waals surface area contributed by atoms with Crippen molar-refractivity contribution in [2.24, 2.45) is 5.41 Å². The molecule has 11 heavy (non-hydrogen) atoms. The zero-order chi connectivity index (χ0) is 8.11. The molecule has 1 aliphatic heterocycles. The predicted octanol–water partition coefficient (Wildman–Crippen LogP) is 0.465. The van der Waals surface area contributed by atoms with E-state index in [1.165, 1.54) is 0 Å². The van der Waals surface area contributed by atoms with Gasteiger partial charge in [-0.25, -0.2) is 4.79 Å². The van der Waals surface area contributed by atoms with E-state index >= 15 is 0 Å². The fourth-order valence-corrected chi connectivity index (χ4v) is 1.88. The molecule has 0 aromatic rings. The van der Waals surface area contributed by atoms with Gasteiger partial charge in [-0.2, -0.15) is 0 Å². The average Bonchev–Trinajstić information content (AvgIpc) is 2.49. The smallest absolute Gasteiger partial charge is 0.338 e. The van der Waals surface area contributed by atoms with Gasteiger partial charge in [0, 0.05) is 5.41 Å². The van der Waals surface area contributed by atoms with Gasteiger partial charge in [0.15, 0.2) is 5.60 Å². The lowest BCUT2D eigenvalue weighted by atomic mass is 9.99. The Kier molecular flexibility index (Phi) is 1.15. The number of fused-ring (bicyclic) bond motifs is 1. The van der Waals surface area contributed by atoms with Crippen molar-refractivity contribution < 1.29 is 14.6 Å². The highest BCUT2D eigenvalue weighted by molar-refractivity contribution is 5.84. The summed E-state index contributed by atoms with van der Waals surface area (Å²) in [6.07, 6.45) is 2.36. The largest absolute Gasteiger partial charge is 0.464 e. The van der Waals surface area contributed by atoms with Gasteiger partial charge in [0.05, 0.1) is 6.61 Å². The third-order valence-corrected chi connectivity index (χ3v) is 2.96. The lowest BCUT2D eigenvalue weighted by Gasteiger charge is -2.09. The Morgan fingerprint density at radius 3 is 3.09 bits per heavy atom. The van der Waals surface area contributed by atoms with Crippen LogP contribution in [0.5, 0.6) is 0 Å². The fraction of sp³-hybridized carbons (Fsp3) is 0.875. The fourth-order valence-electron chi connectivity index (χ4n) is 1.88. The number of aliphatic hydroxyl groups is 1. The number of hydrogen-bond acceptors (Lipinski definition) is 3. The molecule has 2 aliphatic rings. The van der Waals surface area contributed by atoms with Crippen molar-refractivity contribution in [1.82, 2.24) is 0 Å². The van der Waals surface area contributed by atoms with E-state index in [1.54, 1.807) is 0 Å². The number of carbonyl (C=O) groups is 1. The summed E-state index contributed by atoms with van der Waals surface area (Å²) in [5.41, 5.74) is -1.32. The minimum absolute atomic E-state index is 0.180. The van der Waals surface area contributed by atoms with Crippen LogP contribution < -0.4 is 0 Å². The second-order valence-corrected chi connectivity index (χ2v) is 3.84. The summed E-state index contributed by atoms with van der Waals surface area (Å²) in [4.78, 5) is 11.1. The topological polar surface area (TPSA) is 46.5 Å². The molecule has 2 fully saturated rings. The molecule has 0 aromatic heterocycles. The van der Waals surface area contributed by atoms with Crippen LogP contribution in [0.4, 0.5) is 0 Å². The second-order valence-electron chi connectivity index (χ2n) is 3.84. The van der Waals surface area contributed by atoms with Crippen LogP contribution in [0.3, 0.4) is 0 Å². The monoisotopic (exact) mass is 156 g/mol. The molecule has 1 saturated carbocycles. The summed E-state index contributed by atoms with van der Waals surface area (Å²) >= 11 is 0. The number of rotatable bonds is 0. The van der Waals surface area contributed by atoms with E-state index in [-0.39, 0.29) is 5.41 Å². The summed E-state index contributed by atoms with van der Waals surface area (Å²) in [5, 5.41) is 9.68. The first-order chi connectivity index (χ1) is 5.08. The van der Waals surface area contributed by atoms with Crippen LogP contribution in [-0.2, 0) is 9.53 Å². The number of esters is 1. The lowest BCUT2D eigenvalue weighted by Crippen LogP contribution is -2.28. The summed E-state index contributed by atoms with van der Waals surface area (Å²) in [6, 6.07) is 0. The zero-order valence-corrected chi connectivity index (χ0v) is 6.59. The van der Waals surface area contributed by atoms with E-state index in [4.69, 9.17) is 4.74 Å². The maximum atomic E-state index is 11.1. The number of cyclic esters (lactones) is 1. The van der Waals surface area contributed by atoms with E-state index < -0.39 is 11.6 Å². The molecule has 1 N–H and O–H groups in total. The van der Waals surface area contributed by atoms with Crippen LogP contribution >= 0.6 is 0 Å². The maximum Gasteiger partial charge on any atom is 0.338 e. The van der Waals surface area contributed by atoms with Gasteiger partial charge in [-0.3, -0.25) is 0 Å². The van der Waals surface area contributed by atoms with Crippen LogP contribution in [0.25, 0.3) is 0 Å². The van der Waals surface area contributed by atoms with Gasteiger partial charge in [0.1, 0.15) is 0 Å². The van der Waals surface area contributed by atoms with E-state index in [0.717, 1.165) is 12.8 Å². The zero-order valence-electron chi connectivity index (χ0n) is 6.59. The van der Waals surface area contributed by atoms with Gasteiger partial charge in [-0.05, 0) is 19.3 Å². The number of carbonyl (C=O) groups excluding carboxylic acids is 1. The minimum atomic E-state index is -1.14. The minimum Gasteiger partial charge on any atom is -0.464 e. The highest BCUT2D eigenvalue weighted by Crippen LogP contribution is 2.60. The summed E-state index contributed by atoms with van der Waals surface area (Å²) < 4.78 is 4.84. The Hall–Kier alpha value is -0.570. The average molecular weight is 156 g/mol. The summed E-state index contributed by atoms with van der Waals surface area (Å²) in [6.45, 7) is 2.41. The van der Waals surface area contributed by atoms with Crippen molar-refractivity contribution in [3.05, 3.63) is 0 Å². The van der Waals surface area contributed by atoms with Crippen molar-refractivity contribution in [2.75, 3.05) is 6.61 Å². The Morgan fingerprint density at radius 1 is 1.64 bits per heavy atom. The highest BCUT2D eigenvalue weighted by atomic mass is 16.6. The van der Waals surface area contributed by atoms with Gasteiger partial charge < -0.3 is 9.84 Å². The number of ether oxygens (including phenoxy) is 1. The van der Waals surface area contributed by atoms with Crippen molar-refractivity contribution in [2.45, 2.75) is 31.8 Å². The number of hydrogen-bond donors (Lipinski definition) is 1. The summed E-state index contributed by atoms with van der Waals surface area (Å²) in [5.74, 6) is -0.419. The molecular weight excluding hydrogens is 144 g/mol. The molecule has 2 rings (SSSR count). The van der Waals surface area contributed by atoms with E-state index in [2.05, 4.69) is 0 Å². The van der Waals surface area contributed by atoms with Crippen LogP contribution in [0.15, 0.2) is 0 Å². The molecule has 0 unspecified atom stereocenters. The predicted molar refractivity (Wildman–Crippen MR) is 37.9 cm³/mol. The molecular formula is C8H12O3. The standard InChI is InChI=1S/C8H12O3/c1-7-3-2-4-11-6(9)8(7,10)5-7/h10H,2-5H2,1H3/t7-,8+/m0/s1. The Balaban J connectivity index is 2.25. The van der Waals surface area contributed by atoms with Crippen LogP contribution in [0, 0.1) is 5.41 Å². The third kappa shape index (κ3) is 0.745. The van der Waals surface area contributed by atoms with Gasteiger partial charge in [0.25, 0.3) is 0 Å². The molecule has 62 valence electrons. The van der Waals surface area contributed by atoms with E-state index in [0.29, 0.717) is 13.0 Å². The van der Waals surface area contributed by atoms with Gasteiger partial charge in [-0.1, -0.05) is 6.92 Å². The van der Waals surface area contributed by atoms with E-state index in [1.807, 2.05) is 6.92 Å². The normalized spacial score (nSPS) is 49.1. The molecule has 0 spiro atoms. The molecule has 0 aromatic carbocycles. The van der Waals surface area contributed by atoms with Crippen molar-refractivity contribution in [3.8, 4) is 0 Å². The van der Waals surface area contributed by atoms with Crippen molar-refractivity contribution in [1.29, 1.82) is 0 Å². The molecule has 1 saturated heterocycles. The first-order valence-corrected chi connectivity index (χ1v) is 3.98. The molecule has 1 aliphatic carbocycles. The van der Waals surface area contributed by atoms with E-state index in [9.17, 15) is 9.90 Å². The maximum absolute atomic E-state index is 11.1. The highest BCUT2D eigenvalue weighted by Gasteiger charge is 2.69. The Bertz CT molecular complexity index is 213. The first kappa shape index (κ1) is 7.10. The molecule has 3 heteroatoms. The molecule has 0 bridgehead atoms. The second kappa shape index (κ2) is 1.78. The van der Waals surface area contributed by atoms with Crippen LogP contribution in [0.1, 0.15) is 26.2 Å². The van der Waals surface area contributed by atoms with Crippen LogP contribution in [0.2, 0.25) is 0 Å². The molecule has 0 amide bonds. The molecule has 2 atom stereocenters. The quantitative estimate of drug-likeness (QED) is 0.518. The molecule has 1 heterocycles. The van der Waals surface area contributed by atoms with Gasteiger partial charge in [0.2, 0.25) is 0 Å². The Morgan fingerprint density at radius 2 is 2.36 bits per heavy atom. The Labute approximate surface area is 65.4 Å². The van der Waals surface area contributed by atoms with Gasteiger partial charge >= 0.3 is 5.97 Å². The van der Waals surface area contributed by atoms with Crippen molar-refractivity contribution in [3.63, 3.8) is 0 Å². The SMILES string of the molecule is C[C@@]12CCCOC(=O)[C@]1(O)C2. The molecule has 3 nitrogen and oxygen atoms in total. The van der Waals surface area contributed by atoms with Crippen molar-refractivity contribution >= 4 is 5.97 Å². The first-order valence-electron chi connectivity index (χ1n) is 3.98. The lowest BCUT2D eigenvalue weighted by molar-refractivity contribution is -0.156. The molecule has 0 radical (unpaired) electrons. The van der Waals surface area contributed by atoms with Crippen LogP contribution in [-0.4, -0.2) is 23.3 Å². The summed E-state index contributed by atoms with van der Waals surface area (Å²) in [7, 11) is 0. The van der Waals surface area contributed by atoms with Gasteiger partial charge in [-0.15, -0.1) is 0 Å².